The molecule has 0 radical (unpaired) electrons. The second-order valence-electron chi connectivity index (χ2n) is 3.26. The average molecular weight is 251 g/mol. The third-order valence-corrected chi connectivity index (χ3v) is 2.24. The van der Waals surface area contributed by atoms with Crippen molar-refractivity contribution >= 4 is 0 Å². The van der Waals surface area contributed by atoms with Crippen molar-refractivity contribution in [3.63, 3.8) is 0 Å². The maximum atomic E-state index is 12.4. The smallest absolute Gasteiger partial charge is 0.407 e. The summed E-state index contributed by atoms with van der Waals surface area (Å²) >= 11 is 0. The molecule has 0 aliphatic rings. The van der Waals surface area contributed by atoms with Gasteiger partial charge in [0.25, 0.3) is 0 Å². The summed E-state index contributed by atoms with van der Waals surface area (Å²) in [6, 6.07) is 0.0243. The Hall–Kier alpha value is -1.63. The zero-order chi connectivity index (χ0) is 13.2. The van der Waals surface area contributed by atoms with E-state index in [2.05, 4.69) is 0 Å². The number of rotatable bonds is 3. The van der Waals surface area contributed by atoms with Gasteiger partial charge in [-0.2, -0.15) is 13.2 Å². The number of hydrogen-bond donors (Lipinski definition) is 2. The molecule has 1 aromatic rings. The maximum Gasteiger partial charge on any atom is 0.407 e. The van der Waals surface area contributed by atoms with Crippen LogP contribution in [0.5, 0.6) is 17.2 Å². The summed E-state index contributed by atoms with van der Waals surface area (Å²) in [5.74, 6) is -0.718. The highest BCUT2D eigenvalue weighted by atomic mass is 19.4. The summed E-state index contributed by atoms with van der Waals surface area (Å²) in [6.45, 7) is 0. The van der Waals surface area contributed by atoms with E-state index >= 15 is 0 Å². The molecule has 0 aromatic heterocycles. The van der Waals surface area contributed by atoms with Gasteiger partial charge in [0.1, 0.15) is 6.04 Å². The summed E-state index contributed by atoms with van der Waals surface area (Å²) in [4.78, 5) is 0. The van der Waals surface area contributed by atoms with Crippen molar-refractivity contribution in [3.05, 3.63) is 17.7 Å². The van der Waals surface area contributed by atoms with Crippen LogP contribution in [0, 0.1) is 0 Å². The van der Waals surface area contributed by atoms with Crippen LogP contribution in [0.25, 0.3) is 0 Å². The van der Waals surface area contributed by atoms with Gasteiger partial charge < -0.3 is 20.3 Å². The number of ether oxygens (including phenoxy) is 2. The van der Waals surface area contributed by atoms with Crippen LogP contribution >= 0.6 is 0 Å². The van der Waals surface area contributed by atoms with Crippen LogP contribution < -0.4 is 15.2 Å². The molecule has 0 spiro atoms. The minimum Gasteiger partial charge on any atom is -0.504 e. The molecule has 0 saturated heterocycles. The Morgan fingerprint density at radius 3 is 2.24 bits per heavy atom. The van der Waals surface area contributed by atoms with Crippen molar-refractivity contribution in [2.75, 3.05) is 14.2 Å². The molecule has 3 N–H and O–H groups in total. The van der Waals surface area contributed by atoms with Crippen LogP contribution in [0.4, 0.5) is 13.2 Å². The molecule has 0 unspecified atom stereocenters. The number of phenols is 1. The molecule has 0 amide bonds. The van der Waals surface area contributed by atoms with Gasteiger partial charge in [0, 0.05) is 5.56 Å². The first kappa shape index (κ1) is 13.4. The lowest BCUT2D eigenvalue weighted by atomic mass is 10.1. The molecule has 0 bridgehead atoms. The van der Waals surface area contributed by atoms with Gasteiger partial charge in [-0.25, -0.2) is 0 Å². The quantitative estimate of drug-likeness (QED) is 0.862. The minimum absolute atomic E-state index is 0.128. The molecule has 4 nitrogen and oxygen atoms in total. The molecular formula is C10H12F3NO3. The molecule has 7 heteroatoms. The Morgan fingerprint density at radius 2 is 1.82 bits per heavy atom. The van der Waals surface area contributed by atoms with Crippen LogP contribution in [0.3, 0.4) is 0 Å². The molecular weight excluding hydrogens is 239 g/mol. The molecule has 0 saturated carbocycles. The predicted molar refractivity (Wildman–Crippen MR) is 54.2 cm³/mol. The average Bonchev–Trinajstić information content (AvgIpc) is 2.26. The zero-order valence-electron chi connectivity index (χ0n) is 9.21. The Bertz CT molecular complexity index is 407. The first-order chi connectivity index (χ1) is 7.82. The molecule has 0 fully saturated rings. The van der Waals surface area contributed by atoms with Crippen molar-refractivity contribution in [1.29, 1.82) is 0 Å². The number of nitrogens with two attached hydrogens (primary N) is 1. The van der Waals surface area contributed by atoms with Crippen molar-refractivity contribution < 1.29 is 27.8 Å². The molecule has 0 aliphatic heterocycles. The van der Waals surface area contributed by atoms with Crippen molar-refractivity contribution in [2.45, 2.75) is 12.2 Å². The number of phenolic OH excluding ortho intramolecular Hbond substituents is 1. The highest BCUT2D eigenvalue weighted by Gasteiger charge is 2.40. The lowest BCUT2D eigenvalue weighted by molar-refractivity contribution is -0.149. The van der Waals surface area contributed by atoms with Gasteiger partial charge in [-0.15, -0.1) is 0 Å². The Balaban J connectivity index is 3.29. The van der Waals surface area contributed by atoms with Crippen LogP contribution in [0.1, 0.15) is 11.6 Å². The number of benzene rings is 1. The number of hydrogen-bond acceptors (Lipinski definition) is 4. The SMILES string of the molecule is COc1ccc([C@@H](N)C(F)(F)F)c(O)c1OC. The van der Waals surface area contributed by atoms with E-state index in [1.54, 1.807) is 0 Å². The normalized spacial score (nSPS) is 13.3. The van der Waals surface area contributed by atoms with E-state index in [4.69, 9.17) is 15.2 Å². The molecule has 0 heterocycles. The third kappa shape index (κ3) is 2.55. The Morgan fingerprint density at radius 1 is 1.24 bits per heavy atom. The lowest BCUT2D eigenvalue weighted by Crippen LogP contribution is -2.28. The van der Waals surface area contributed by atoms with E-state index < -0.39 is 23.5 Å². The van der Waals surface area contributed by atoms with Crippen LogP contribution in [0.2, 0.25) is 0 Å². The summed E-state index contributed by atoms with van der Waals surface area (Å²) in [6.07, 6.45) is -4.64. The zero-order valence-corrected chi connectivity index (χ0v) is 9.21. The topological polar surface area (TPSA) is 64.7 Å². The second kappa shape index (κ2) is 4.70. The number of alkyl halides is 3. The van der Waals surface area contributed by atoms with E-state index in [-0.39, 0.29) is 11.5 Å². The number of aromatic hydroxyl groups is 1. The first-order valence-corrected chi connectivity index (χ1v) is 4.59. The fourth-order valence-corrected chi connectivity index (χ4v) is 1.35. The predicted octanol–water partition coefficient (Wildman–Crippen LogP) is 1.97. The fourth-order valence-electron chi connectivity index (χ4n) is 1.35. The molecule has 1 aromatic carbocycles. The number of halogens is 3. The van der Waals surface area contributed by atoms with Crippen LogP contribution in [-0.4, -0.2) is 25.5 Å². The summed E-state index contributed by atoms with van der Waals surface area (Å²) in [7, 11) is 2.51. The van der Waals surface area contributed by atoms with Crippen molar-refractivity contribution in [2.24, 2.45) is 5.73 Å². The molecule has 1 rings (SSSR count). The first-order valence-electron chi connectivity index (χ1n) is 4.59. The van der Waals surface area contributed by atoms with Crippen LogP contribution in [-0.2, 0) is 0 Å². The lowest BCUT2D eigenvalue weighted by Gasteiger charge is -2.19. The monoisotopic (exact) mass is 251 g/mol. The summed E-state index contributed by atoms with van der Waals surface area (Å²) < 4.78 is 46.9. The van der Waals surface area contributed by atoms with Gasteiger partial charge >= 0.3 is 6.18 Å². The van der Waals surface area contributed by atoms with E-state index in [9.17, 15) is 18.3 Å². The molecule has 17 heavy (non-hydrogen) atoms. The highest BCUT2D eigenvalue weighted by Crippen LogP contribution is 2.44. The van der Waals surface area contributed by atoms with Crippen LogP contribution in [0.15, 0.2) is 12.1 Å². The second-order valence-corrected chi connectivity index (χ2v) is 3.26. The molecule has 1 atom stereocenters. The van der Waals surface area contributed by atoms with E-state index in [1.165, 1.54) is 20.3 Å². The van der Waals surface area contributed by atoms with E-state index in [0.29, 0.717) is 0 Å². The maximum absolute atomic E-state index is 12.4. The van der Waals surface area contributed by atoms with E-state index in [0.717, 1.165) is 6.07 Å². The minimum atomic E-state index is -4.64. The van der Waals surface area contributed by atoms with Gasteiger partial charge in [0.2, 0.25) is 5.75 Å². The number of methoxy groups -OCH3 is 2. The van der Waals surface area contributed by atoms with Gasteiger partial charge in [-0.1, -0.05) is 0 Å². The summed E-state index contributed by atoms with van der Waals surface area (Å²) in [5, 5.41) is 9.65. The van der Waals surface area contributed by atoms with Gasteiger partial charge in [0.05, 0.1) is 14.2 Å². The van der Waals surface area contributed by atoms with Crippen molar-refractivity contribution in [3.8, 4) is 17.2 Å². The Labute approximate surface area is 95.7 Å². The van der Waals surface area contributed by atoms with Gasteiger partial charge in [-0.3, -0.25) is 0 Å². The fraction of sp³-hybridized carbons (Fsp3) is 0.400. The molecule has 96 valence electrons. The van der Waals surface area contributed by atoms with Gasteiger partial charge in [0.15, 0.2) is 11.5 Å². The summed E-state index contributed by atoms with van der Waals surface area (Å²) in [5.41, 5.74) is 4.54. The largest absolute Gasteiger partial charge is 0.504 e. The van der Waals surface area contributed by atoms with Gasteiger partial charge in [-0.05, 0) is 12.1 Å². The van der Waals surface area contributed by atoms with E-state index in [1.807, 2.05) is 0 Å². The Kier molecular flexibility index (Phi) is 3.72. The molecule has 0 aliphatic carbocycles. The highest BCUT2D eigenvalue weighted by molar-refractivity contribution is 5.55. The third-order valence-electron chi connectivity index (χ3n) is 2.24. The standard InChI is InChI=1S/C10H12F3NO3/c1-16-6-4-3-5(7(15)8(6)17-2)9(14)10(11,12)13/h3-4,9,15H,14H2,1-2H3/t9-/m1/s1. The van der Waals surface area contributed by atoms with Crippen molar-refractivity contribution in [1.82, 2.24) is 0 Å².